The smallest absolute Gasteiger partial charge is 0.195 e. The predicted molar refractivity (Wildman–Crippen MR) is 82.5 cm³/mol. The number of carbonyl (C=O) groups excluding carboxylic acids is 1. The lowest BCUT2D eigenvalue weighted by atomic mass is 10.0. The minimum Gasteiger partial charge on any atom is -0.378 e. The summed E-state index contributed by atoms with van der Waals surface area (Å²) in [6, 6.07) is 15.5. The van der Waals surface area contributed by atoms with Gasteiger partial charge in [-0.1, -0.05) is 30.3 Å². The van der Waals surface area contributed by atoms with E-state index in [0.717, 1.165) is 22.2 Å². The maximum atomic E-state index is 12.6. The zero-order chi connectivity index (χ0) is 14.1. The van der Waals surface area contributed by atoms with Crippen molar-refractivity contribution in [3.63, 3.8) is 0 Å². The number of aromatic nitrogens is 1. The molecule has 20 heavy (non-hydrogen) atoms. The van der Waals surface area contributed by atoms with E-state index < -0.39 is 0 Å². The molecule has 0 aliphatic carbocycles. The minimum absolute atomic E-state index is 0.0488. The summed E-state index contributed by atoms with van der Waals surface area (Å²) >= 11 is 0. The molecule has 0 radical (unpaired) electrons. The second-order valence-corrected chi connectivity index (χ2v) is 5.02. The molecular formula is C17H16N2O. The Hall–Kier alpha value is -2.55. The molecule has 1 heterocycles. The molecule has 3 aromatic rings. The minimum atomic E-state index is 0.0488. The van der Waals surface area contributed by atoms with Crippen LogP contribution >= 0.6 is 0 Å². The monoisotopic (exact) mass is 264 g/mol. The Labute approximate surface area is 117 Å². The molecule has 3 nitrogen and oxygen atoms in total. The van der Waals surface area contributed by atoms with Crippen molar-refractivity contribution >= 4 is 22.4 Å². The Kier molecular flexibility index (Phi) is 3.03. The summed E-state index contributed by atoms with van der Waals surface area (Å²) in [5, 5.41) is 0.963. The quantitative estimate of drug-likeness (QED) is 0.735. The van der Waals surface area contributed by atoms with Crippen molar-refractivity contribution in [2.24, 2.45) is 0 Å². The Balaban J connectivity index is 2.12. The van der Waals surface area contributed by atoms with Crippen molar-refractivity contribution in [3.8, 4) is 0 Å². The average Bonchev–Trinajstić information content (AvgIpc) is 2.90. The van der Waals surface area contributed by atoms with Crippen LogP contribution in [0, 0.1) is 0 Å². The fourth-order valence-electron chi connectivity index (χ4n) is 2.32. The van der Waals surface area contributed by atoms with Gasteiger partial charge in [0.1, 0.15) is 0 Å². The van der Waals surface area contributed by atoms with Gasteiger partial charge in [0.25, 0.3) is 0 Å². The number of hydrogen-bond donors (Lipinski definition) is 1. The molecule has 3 rings (SSSR count). The Morgan fingerprint density at radius 3 is 2.50 bits per heavy atom. The summed E-state index contributed by atoms with van der Waals surface area (Å²) in [6.07, 6.45) is 1.79. The number of fused-ring (bicyclic) bond motifs is 1. The van der Waals surface area contributed by atoms with Gasteiger partial charge in [-0.3, -0.25) is 4.79 Å². The van der Waals surface area contributed by atoms with E-state index in [4.69, 9.17) is 0 Å². The molecule has 0 fully saturated rings. The van der Waals surface area contributed by atoms with Crippen LogP contribution in [0.5, 0.6) is 0 Å². The third-order valence-corrected chi connectivity index (χ3v) is 3.46. The van der Waals surface area contributed by atoms with Crippen molar-refractivity contribution in [2.75, 3.05) is 19.0 Å². The van der Waals surface area contributed by atoms with Gasteiger partial charge in [-0.05, 0) is 18.2 Å². The topological polar surface area (TPSA) is 36.1 Å². The van der Waals surface area contributed by atoms with Crippen LogP contribution in [-0.4, -0.2) is 24.9 Å². The van der Waals surface area contributed by atoms with Gasteiger partial charge in [0.05, 0.1) is 0 Å². The number of H-pyrrole nitrogens is 1. The number of carbonyl (C=O) groups is 1. The number of benzene rings is 2. The summed E-state index contributed by atoms with van der Waals surface area (Å²) in [5.41, 5.74) is 3.49. The fourth-order valence-corrected chi connectivity index (χ4v) is 2.32. The van der Waals surface area contributed by atoms with Crippen molar-refractivity contribution in [1.82, 2.24) is 4.98 Å². The molecule has 0 atom stereocenters. The summed E-state index contributed by atoms with van der Waals surface area (Å²) in [7, 11) is 3.99. The molecule has 0 aliphatic heterocycles. The molecular weight excluding hydrogens is 248 g/mol. The van der Waals surface area contributed by atoms with Crippen LogP contribution in [0.15, 0.2) is 54.7 Å². The first-order chi connectivity index (χ1) is 9.66. The lowest BCUT2D eigenvalue weighted by molar-refractivity contribution is 0.104. The van der Waals surface area contributed by atoms with E-state index in [-0.39, 0.29) is 5.78 Å². The van der Waals surface area contributed by atoms with E-state index in [1.54, 1.807) is 6.20 Å². The molecule has 0 saturated carbocycles. The SMILES string of the molecule is CN(C)c1ccc2[nH]cc(C(=O)c3ccccc3)c2c1. The Bertz CT molecular complexity index is 757. The summed E-state index contributed by atoms with van der Waals surface area (Å²) in [4.78, 5) is 17.8. The van der Waals surface area contributed by atoms with Gasteiger partial charge in [0.15, 0.2) is 5.78 Å². The number of nitrogens with zero attached hydrogens (tertiary/aromatic N) is 1. The Morgan fingerprint density at radius 2 is 1.80 bits per heavy atom. The van der Waals surface area contributed by atoms with Gasteiger partial charge < -0.3 is 9.88 Å². The van der Waals surface area contributed by atoms with E-state index in [1.807, 2.05) is 67.5 Å². The van der Waals surface area contributed by atoms with E-state index in [0.29, 0.717) is 5.56 Å². The molecule has 1 aromatic heterocycles. The number of ketones is 1. The maximum Gasteiger partial charge on any atom is 0.195 e. The first-order valence-electron chi connectivity index (χ1n) is 6.55. The van der Waals surface area contributed by atoms with Gasteiger partial charge in [-0.25, -0.2) is 0 Å². The van der Waals surface area contributed by atoms with Crippen molar-refractivity contribution in [1.29, 1.82) is 0 Å². The number of nitrogens with one attached hydrogen (secondary N) is 1. The molecule has 3 heteroatoms. The van der Waals surface area contributed by atoms with Gasteiger partial charge >= 0.3 is 0 Å². The maximum absolute atomic E-state index is 12.6. The predicted octanol–water partition coefficient (Wildman–Crippen LogP) is 3.46. The number of aromatic amines is 1. The highest BCUT2D eigenvalue weighted by Gasteiger charge is 2.14. The number of rotatable bonds is 3. The number of hydrogen-bond acceptors (Lipinski definition) is 2. The molecule has 0 saturated heterocycles. The highest BCUT2D eigenvalue weighted by atomic mass is 16.1. The highest BCUT2D eigenvalue weighted by molar-refractivity contribution is 6.16. The van der Waals surface area contributed by atoms with Gasteiger partial charge in [-0.15, -0.1) is 0 Å². The van der Waals surface area contributed by atoms with Crippen molar-refractivity contribution < 1.29 is 4.79 Å². The van der Waals surface area contributed by atoms with Crippen LogP contribution in [0.25, 0.3) is 10.9 Å². The van der Waals surface area contributed by atoms with Gasteiger partial charge in [0, 0.05) is 48.0 Å². The fraction of sp³-hybridized carbons (Fsp3) is 0.118. The molecule has 2 aromatic carbocycles. The lowest BCUT2D eigenvalue weighted by Crippen LogP contribution is -2.08. The van der Waals surface area contributed by atoms with E-state index in [1.165, 1.54) is 0 Å². The first-order valence-corrected chi connectivity index (χ1v) is 6.55. The largest absolute Gasteiger partial charge is 0.378 e. The molecule has 0 aliphatic rings. The van der Waals surface area contributed by atoms with Crippen molar-refractivity contribution in [3.05, 3.63) is 65.9 Å². The van der Waals surface area contributed by atoms with Gasteiger partial charge in [0.2, 0.25) is 0 Å². The summed E-state index contributed by atoms with van der Waals surface area (Å²) in [5.74, 6) is 0.0488. The molecule has 0 bridgehead atoms. The first kappa shape index (κ1) is 12.5. The standard InChI is InChI=1S/C17H16N2O/c1-19(2)13-8-9-16-14(10-13)15(11-18-16)17(20)12-6-4-3-5-7-12/h3-11,18H,1-2H3. The summed E-state index contributed by atoms with van der Waals surface area (Å²) < 4.78 is 0. The van der Waals surface area contributed by atoms with E-state index in [9.17, 15) is 4.79 Å². The normalized spacial score (nSPS) is 10.7. The Morgan fingerprint density at radius 1 is 1.05 bits per heavy atom. The third-order valence-electron chi connectivity index (χ3n) is 3.46. The molecule has 0 unspecified atom stereocenters. The zero-order valence-corrected chi connectivity index (χ0v) is 11.6. The zero-order valence-electron chi connectivity index (χ0n) is 11.6. The number of anilines is 1. The van der Waals surface area contributed by atoms with Crippen LogP contribution in [0.3, 0.4) is 0 Å². The van der Waals surface area contributed by atoms with Crippen LogP contribution in [0.2, 0.25) is 0 Å². The second-order valence-electron chi connectivity index (χ2n) is 5.02. The van der Waals surface area contributed by atoms with Crippen LogP contribution in [0.1, 0.15) is 15.9 Å². The van der Waals surface area contributed by atoms with Crippen molar-refractivity contribution in [2.45, 2.75) is 0 Å². The van der Waals surface area contributed by atoms with E-state index in [2.05, 4.69) is 4.98 Å². The average molecular weight is 264 g/mol. The van der Waals surface area contributed by atoms with E-state index >= 15 is 0 Å². The molecule has 0 amide bonds. The molecule has 1 N–H and O–H groups in total. The van der Waals surface area contributed by atoms with Gasteiger partial charge in [-0.2, -0.15) is 0 Å². The lowest BCUT2D eigenvalue weighted by Gasteiger charge is -2.12. The summed E-state index contributed by atoms with van der Waals surface area (Å²) in [6.45, 7) is 0. The molecule has 0 spiro atoms. The van der Waals surface area contributed by atoms with Crippen LogP contribution < -0.4 is 4.90 Å². The van der Waals surface area contributed by atoms with Crippen LogP contribution in [-0.2, 0) is 0 Å². The second kappa shape index (κ2) is 4.85. The highest BCUT2D eigenvalue weighted by Crippen LogP contribution is 2.25. The van der Waals surface area contributed by atoms with Crippen LogP contribution in [0.4, 0.5) is 5.69 Å². The third kappa shape index (κ3) is 2.07. The molecule has 100 valence electrons.